The average Bonchev–Trinajstić information content (AvgIpc) is 2.93. The Labute approximate surface area is 147 Å². The molecule has 2 aromatic rings. The van der Waals surface area contributed by atoms with Crippen LogP contribution in [0.3, 0.4) is 0 Å². The number of halogens is 3. The van der Waals surface area contributed by atoms with Crippen LogP contribution in [0.15, 0.2) is 42.5 Å². The molecule has 0 aliphatic carbocycles. The van der Waals surface area contributed by atoms with Crippen LogP contribution in [0.5, 0.6) is 0 Å². The molecule has 2 aromatic carbocycles. The topological polar surface area (TPSA) is 70.2 Å². The van der Waals surface area contributed by atoms with Gasteiger partial charge in [0.25, 0.3) is 0 Å². The Morgan fingerprint density at radius 1 is 1.15 bits per heavy atom. The number of urea groups is 1. The summed E-state index contributed by atoms with van der Waals surface area (Å²) in [5, 5.41) is 7.94. The van der Waals surface area contributed by atoms with E-state index >= 15 is 0 Å². The number of hydrogen-bond donors (Lipinski definition) is 3. The summed E-state index contributed by atoms with van der Waals surface area (Å²) in [6, 6.07) is 8.75. The van der Waals surface area contributed by atoms with Crippen LogP contribution in [-0.2, 0) is 17.4 Å². The molecule has 3 amide bonds. The fraction of sp³-hybridized carbons (Fsp3) is 0.222. The molecule has 3 rings (SSSR count). The normalized spacial score (nSPS) is 14.4. The lowest BCUT2D eigenvalue weighted by atomic mass is 10.0. The van der Waals surface area contributed by atoms with Gasteiger partial charge in [-0.2, -0.15) is 13.2 Å². The van der Waals surface area contributed by atoms with Crippen LogP contribution in [-0.4, -0.2) is 11.9 Å². The predicted molar refractivity (Wildman–Crippen MR) is 90.8 cm³/mol. The van der Waals surface area contributed by atoms with Gasteiger partial charge in [-0.25, -0.2) is 4.79 Å². The van der Waals surface area contributed by atoms with E-state index in [-0.39, 0.29) is 17.6 Å². The van der Waals surface area contributed by atoms with Crippen molar-refractivity contribution in [3.63, 3.8) is 0 Å². The number of hydrogen-bond acceptors (Lipinski definition) is 2. The van der Waals surface area contributed by atoms with Crippen molar-refractivity contribution >= 4 is 23.3 Å². The number of carbonyl (C=O) groups excluding carboxylic acids is 2. The minimum absolute atomic E-state index is 0.0715. The van der Waals surface area contributed by atoms with E-state index in [0.717, 1.165) is 28.9 Å². The lowest BCUT2D eigenvalue weighted by Crippen LogP contribution is -2.31. The maximum Gasteiger partial charge on any atom is 0.416 e. The van der Waals surface area contributed by atoms with Crippen molar-refractivity contribution in [1.29, 1.82) is 0 Å². The third-order valence-corrected chi connectivity index (χ3v) is 4.07. The molecule has 0 saturated heterocycles. The van der Waals surface area contributed by atoms with Crippen LogP contribution < -0.4 is 16.0 Å². The minimum atomic E-state index is -4.42. The highest BCUT2D eigenvalue weighted by molar-refractivity contribution is 5.99. The maximum absolute atomic E-state index is 12.5. The number of amides is 3. The van der Waals surface area contributed by atoms with Crippen molar-refractivity contribution in [3.05, 3.63) is 59.2 Å². The van der Waals surface area contributed by atoms with E-state index < -0.39 is 17.8 Å². The van der Waals surface area contributed by atoms with E-state index in [0.29, 0.717) is 6.42 Å². The molecule has 136 valence electrons. The predicted octanol–water partition coefficient (Wildman–Crippen LogP) is 4.08. The number of rotatable bonds is 3. The van der Waals surface area contributed by atoms with E-state index in [4.69, 9.17) is 0 Å². The highest BCUT2D eigenvalue weighted by Crippen LogP contribution is 2.30. The number of anilines is 2. The van der Waals surface area contributed by atoms with Gasteiger partial charge in [-0.3, -0.25) is 4.79 Å². The molecule has 8 heteroatoms. The summed E-state index contributed by atoms with van der Waals surface area (Å²) in [6.07, 6.45) is -4.12. The number of carbonyl (C=O) groups is 2. The van der Waals surface area contributed by atoms with Gasteiger partial charge >= 0.3 is 12.2 Å². The first-order chi connectivity index (χ1) is 12.2. The zero-order valence-corrected chi connectivity index (χ0v) is 13.8. The van der Waals surface area contributed by atoms with Gasteiger partial charge in [-0.15, -0.1) is 0 Å². The van der Waals surface area contributed by atoms with Crippen molar-refractivity contribution in [3.8, 4) is 0 Å². The quantitative estimate of drug-likeness (QED) is 0.769. The SMILES string of the molecule is CC(NC(=O)Nc1ccc(C(F)(F)F)cc1)c1ccc2c(c1)CC(=O)N2. The molecule has 0 spiro atoms. The lowest BCUT2D eigenvalue weighted by molar-refractivity contribution is -0.137. The number of alkyl halides is 3. The Hall–Kier alpha value is -3.03. The molecular weight excluding hydrogens is 347 g/mol. The zero-order valence-electron chi connectivity index (χ0n) is 13.8. The van der Waals surface area contributed by atoms with Crippen molar-refractivity contribution in [2.45, 2.75) is 25.6 Å². The molecule has 0 radical (unpaired) electrons. The molecule has 26 heavy (non-hydrogen) atoms. The van der Waals surface area contributed by atoms with Crippen LogP contribution in [0.25, 0.3) is 0 Å². The molecule has 5 nitrogen and oxygen atoms in total. The average molecular weight is 363 g/mol. The fourth-order valence-corrected chi connectivity index (χ4v) is 2.71. The van der Waals surface area contributed by atoms with Crippen LogP contribution in [0.2, 0.25) is 0 Å². The highest BCUT2D eigenvalue weighted by Gasteiger charge is 2.30. The third-order valence-electron chi connectivity index (χ3n) is 4.07. The van der Waals surface area contributed by atoms with E-state index in [1.807, 2.05) is 6.07 Å². The monoisotopic (exact) mass is 363 g/mol. The molecule has 1 aliphatic rings. The number of fused-ring (bicyclic) bond motifs is 1. The molecule has 1 atom stereocenters. The van der Waals surface area contributed by atoms with E-state index in [9.17, 15) is 22.8 Å². The van der Waals surface area contributed by atoms with Gasteiger partial charge in [0.15, 0.2) is 0 Å². The van der Waals surface area contributed by atoms with E-state index in [1.54, 1.807) is 19.1 Å². The molecule has 1 unspecified atom stereocenters. The largest absolute Gasteiger partial charge is 0.416 e. The summed E-state index contributed by atoms with van der Waals surface area (Å²) >= 11 is 0. The standard InChI is InChI=1S/C18H16F3N3O2/c1-10(11-2-7-15-12(8-11)9-16(25)24-15)22-17(26)23-14-5-3-13(4-6-14)18(19,20)21/h2-8,10H,9H2,1H3,(H,24,25)(H2,22,23,26). The molecular formula is C18H16F3N3O2. The smallest absolute Gasteiger partial charge is 0.331 e. The Balaban J connectivity index is 1.61. The molecule has 0 fully saturated rings. The molecule has 0 saturated carbocycles. The van der Waals surface area contributed by atoms with Gasteiger partial charge in [0.1, 0.15) is 0 Å². The van der Waals surface area contributed by atoms with Crippen molar-refractivity contribution in [1.82, 2.24) is 5.32 Å². The van der Waals surface area contributed by atoms with Gasteiger partial charge in [0.2, 0.25) is 5.91 Å². The summed E-state index contributed by atoms with van der Waals surface area (Å²) in [5.74, 6) is -0.0715. The molecule has 1 heterocycles. The molecule has 0 aromatic heterocycles. The maximum atomic E-state index is 12.5. The Morgan fingerprint density at radius 3 is 2.50 bits per heavy atom. The van der Waals surface area contributed by atoms with Crippen molar-refractivity contribution in [2.24, 2.45) is 0 Å². The van der Waals surface area contributed by atoms with Gasteiger partial charge in [-0.05, 0) is 48.4 Å². The summed E-state index contributed by atoms with van der Waals surface area (Å²) < 4.78 is 37.6. The highest BCUT2D eigenvalue weighted by atomic mass is 19.4. The second-order valence-corrected chi connectivity index (χ2v) is 6.04. The Bertz CT molecular complexity index is 848. The number of benzene rings is 2. The van der Waals surface area contributed by atoms with Gasteiger partial charge in [0.05, 0.1) is 18.0 Å². The van der Waals surface area contributed by atoms with E-state index in [2.05, 4.69) is 16.0 Å². The van der Waals surface area contributed by atoms with E-state index in [1.165, 1.54) is 12.1 Å². The van der Waals surface area contributed by atoms with Gasteiger partial charge in [-0.1, -0.05) is 12.1 Å². The summed E-state index contributed by atoms with van der Waals surface area (Å²) in [6.45, 7) is 1.78. The minimum Gasteiger partial charge on any atom is -0.331 e. The number of nitrogens with one attached hydrogen (secondary N) is 3. The molecule has 0 bridgehead atoms. The summed E-state index contributed by atoms with van der Waals surface area (Å²) in [5.41, 5.74) is 1.93. The zero-order chi connectivity index (χ0) is 18.9. The van der Waals surface area contributed by atoms with Crippen molar-refractivity contribution in [2.75, 3.05) is 10.6 Å². The summed E-state index contributed by atoms with van der Waals surface area (Å²) in [7, 11) is 0. The first-order valence-corrected chi connectivity index (χ1v) is 7.90. The fourth-order valence-electron chi connectivity index (χ4n) is 2.71. The summed E-state index contributed by atoms with van der Waals surface area (Å²) in [4.78, 5) is 23.4. The first-order valence-electron chi connectivity index (χ1n) is 7.90. The van der Waals surface area contributed by atoms with Gasteiger partial charge in [0, 0.05) is 11.4 Å². The molecule has 3 N–H and O–H groups in total. The van der Waals surface area contributed by atoms with Crippen molar-refractivity contribution < 1.29 is 22.8 Å². The van der Waals surface area contributed by atoms with Crippen LogP contribution >= 0.6 is 0 Å². The lowest BCUT2D eigenvalue weighted by Gasteiger charge is -2.16. The second-order valence-electron chi connectivity index (χ2n) is 6.04. The molecule has 1 aliphatic heterocycles. The van der Waals surface area contributed by atoms with Gasteiger partial charge < -0.3 is 16.0 Å². The second kappa shape index (κ2) is 6.70. The van der Waals surface area contributed by atoms with Crippen LogP contribution in [0, 0.1) is 0 Å². The Kier molecular flexibility index (Phi) is 4.58. The van der Waals surface area contributed by atoms with Crippen LogP contribution in [0.4, 0.5) is 29.3 Å². The first kappa shape index (κ1) is 17.8. The Morgan fingerprint density at radius 2 is 1.85 bits per heavy atom. The third kappa shape index (κ3) is 3.96. The van der Waals surface area contributed by atoms with Crippen LogP contribution in [0.1, 0.15) is 29.7 Å².